The van der Waals surface area contributed by atoms with E-state index < -0.39 is 15.6 Å². The summed E-state index contributed by atoms with van der Waals surface area (Å²) in [4.78, 5) is 13.0. The number of aliphatic hydroxyl groups is 1. The normalized spacial score (nSPS) is 22.9. The predicted molar refractivity (Wildman–Crippen MR) is 59.0 cm³/mol. The van der Waals surface area contributed by atoms with Gasteiger partial charge < -0.3 is 10.0 Å². The number of carbonyl (C=O) groups excluding carboxylic acids is 1. The van der Waals surface area contributed by atoms with Gasteiger partial charge in [-0.25, -0.2) is 13.6 Å². The molecule has 6 nitrogen and oxygen atoms in total. The van der Waals surface area contributed by atoms with E-state index in [9.17, 15) is 18.3 Å². The van der Waals surface area contributed by atoms with Crippen LogP contribution in [-0.4, -0.2) is 48.8 Å². The number of hydrogen-bond acceptors (Lipinski definition) is 4. The van der Waals surface area contributed by atoms with Crippen LogP contribution in [0.5, 0.6) is 0 Å². The first-order chi connectivity index (χ1) is 7.07. The fourth-order valence-electron chi connectivity index (χ4n) is 1.91. The van der Waals surface area contributed by atoms with Crippen LogP contribution in [0.1, 0.15) is 20.3 Å². The monoisotopic (exact) mass is 250 g/mol. The maximum absolute atomic E-state index is 11.5. The SMILES string of the molecule is CC(C)(O)CN1CC(CS(N)(=O)=O)CC1=O. The summed E-state index contributed by atoms with van der Waals surface area (Å²) in [7, 11) is -3.54. The second-order valence-electron chi connectivity index (χ2n) is 4.99. The van der Waals surface area contributed by atoms with Crippen molar-refractivity contribution in [3.8, 4) is 0 Å². The van der Waals surface area contributed by atoms with Crippen molar-refractivity contribution in [3.05, 3.63) is 0 Å². The van der Waals surface area contributed by atoms with Crippen LogP contribution in [0, 0.1) is 5.92 Å². The Hall–Kier alpha value is -0.660. The quantitative estimate of drug-likeness (QED) is 0.661. The molecule has 16 heavy (non-hydrogen) atoms. The third kappa shape index (κ3) is 4.46. The minimum atomic E-state index is -3.54. The van der Waals surface area contributed by atoms with Crippen molar-refractivity contribution in [1.82, 2.24) is 4.90 Å². The zero-order valence-corrected chi connectivity index (χ0v) is 10.3. The van der Waals surface area contributed by atoms with Gasteiger partial charge in [-0.2, -0.15) is 0 Å². The van der Waals surface area contributed by atoms with Crippen molar-refractivity contribution in [3.63, 3.8) is 0 Å². The Morgan fingerprint density at radius 3 is 2.56 bits per heavy atom. The first-order valence-corrected chi connectivity index (χ1v) is 6.79. The highest BCUT2D eigenvalue weighted by Gasteiger charge is 2.34. The van der Waals surface area contributed by atoms with E-state index in [0.717, 1.165) is 0 Å². The van der Waals surface area contributed by atoms with Gasteiger partial charge in [-0.1, -0.05) is 0 Å². The maximum atomic E-state index is 11.5. The summed E-state index contributed by atoms with van der Waals surface area (Å²) in [6.45, 7) is 3.77. The number of nitrogens with zero attached hydrogens (tertiary/aromatic N) is 1. The zero-order chi connectivity index (χ0) is 12.6. The van der Waals surface area contributed by atoms with Crippen LogP contribution in [0.15, 0.2) is 0 Å². The molecule has 1 rings (SSSR count). The van der Waals surface area contributed by atoms with Crippen LogP contribution < -0.4 is 5.14 Å². The lowest BCUT2D eigenvalue weighted by Crippen LogP contribution is -2.39. The Morgan fingerprint density at radius 2 is 2.12 bits per heavy atom. The van der Waals surface area contributed by atoms with Crippen molar-refractivity contribution >= 4 is 15.9 Å². The number of nitrogens with two attached hydrogens (primary N) is 1. The summed E-state index contributed by atoms with van der Waals surface area (Å²) in [6, 6.07) is 0. The minimum Gasteiger partial charge on any atom is -0.389 e. The smallest absolute Gasteiger partial charge is 0.223 e. The minimum absolute atomic E-state index is 0.129. The standard InChI is InChI=1S/C9H18N2O4S/c1-9(2,13)6-11-4-7(3-8(11)12)5-16(10,14)15/h7,13H,3-6H2,1-2H3,(H2,10,14,15). The molecule has 7 heteroatoms. The number of sulfonamides is 1. The second kappa shape index (κ2) is 4.31. The Kier molecular flexibility index (Phi) is 3.61. The van der Waals surface area contributed by atoms with Crippen LogP contribution in [0.3, 0.4) is 0 Å². The second-order valence-corrected chi connectivity index (χ2v) is 6.65. The Labute approximate surface area is 95.5 Å². The van der Waals surface area contributed by atoms with Crippen molar-refractivity contribution in [2.75, 3.05) is 18.8 Å². The molecule has 1 heterocycles. The summed E-state index contributed by atoms with van der Waals surface area (Å²) in [5.74, 6) is -0.568. The third-order valence-corrected chi connectivity index (χ3v) is 3.28. The van der Waals surface area contributed by atoms with Gasteiger partial charge in [-0.05, 0) is 13.8 Å². The topological polar surface area (TPSA) is 101 Å². The average molecular weight is 250 g/mol. The number of amides is 1. The van der Waals surface area contributed by atoms with E-state index in [4.69, 9.17) is 5.14 Å². The Bertz CT molecular complexity index is 371. The number of primary sulfonamides is 1. The molecule has 0 bridgehead atoms. The Balaban J connectivity index is 2.58. The predicted octanol–water partition coefficient (Wildman–Crippen LogP) is -1.11. The van der Waals surface area contributed by atoms with Gasteiger partial charge in [0.1, 0.15) is 0 Å². The summed E-state index contributed by atoms with van der Waals surface area (Å²) < 4.78 is 21.8. The number of carbonyl (C=O) groups is 1. The molecule has 0 aromatic rings. The van der Waals surface area contributed by atoms with Crippen LogP contribution in [-0.2, 0) is 14.8 Å². The van der Waals surface area contributed by atoms with E-state index in [0.29, 0.717) is 6.54 Å². The highest BCUT2D eigenvalue weighted by Crippen LogP contribution is 2.20. The Morgan fingerprint density at radius 1 is 1.56 bits per heavy atom. The molecule has 1 atom stereocenters. The number of β-amino-alcohol motifs (C(OH)–C–C–N with tert-alkyl or cyclic N) is 1. The van der Waals surface area contributed by atoms with Gasteiger partial charge >= 0.3 is 0 Å². The summed E-state index contributed by atoms with van der Waals surface area (Å²) in [5.41, 5.74) is -0.966. The molecule has 0 spiro atoms. The van der Waals surface area contributed by atoms with Crippen molar-refractivity contribution in [2.24, 2.45) is 11.1 Å². The fourth-order valence-corrected chi connectivity index (χ4v) is 2.79. The molecule has 3 N–H and O–H groups in total. The zero-order valence-electron chi connectivity index (χ0n) is 9.51. The molecule has 0 radical (unpaired) electrons. The first-order valence-electron chi connectivity index (χ1n) is 5.07. The van der Waals surface area contributed by atoms with Crippen LogP contribution in [0.2, 0.25) is 0 Å². The van der Waals surface area contributed by atoms with Crippen molar-refractivity contribution < 1.29 is 18.3 Å². The van der Waals surface area contributed by atoms with Crippen LogP contribution >= 0.6 is 0 Å². The highest BCUT2D eigenvalue weighted by molar-refractivity contribution is 7.89. The van der Waals surface area contributed by atoms with E-state index in [1.54, 1.807) is 13.8 Å². The van der Waals surface area contributed by atoms with E-state index >= 15 is 0 Å². The van der Waals surface area contributed by atoms with E-state index in [1.807, 2.05) is 0 Å². The molecule has 0 aliphatic carbocycles. The maximum Gasteiger partial charge on any atom is 0.223 e. The first kappa shape index (κ1) is 13.4. The molecule has 94 valence electrons. The summed E-state index contributed by atoms with van der Waals surface area (Å²) in [6.07, 6.45) is 0.187. The molecule has 0 aromatic carbocycles. The van der Waals surface area contributed by atoms with Gasteiger partial charge in [-0.15, -0.1) is 0 Å². The summed E-state index contributed by atoms with van der Waals surface area (Å²) >= 11 is 0. The summed E-state index contributed by atoms with van der Waals surface area (Å²) in [5, 5.41) is 14.5. The lowest BCUT2D eigenvalue weighted by Gasteiger charge is -2.25. The van der Waals surface area contributed by atoms with E-state index in [-0.39, 0.29) is 30.5 Å². The van der Waals surface area contributed by atoms with Crippen molar-refractivity contribution in [1.29, 1.82) is 0 Å². The largest absolute Gasteiger partial charge is 0.389 e. The van der Waals surface area contributed by atoms with Crippen molar-refractivity contribution in [2.45, 2.75) is 25.9 Å². The molecule has 1 aliphatic heterocycles. The van der Waals surface area contributed by atoms with Gasteiger partial charge in [0.05, 0.1) is 11.4 Å². The molecular weight excluding hydrogens is 232 g/mol. The molecule has 1 amide bonds. The molecule has 1 saturated heterocycles. The molecular formula is C9H18N2O4S. The molecule has 1 aliphatic rings. The average Bonchev–Trinajstić information content (AvgIpc) is 2.23. The fraction of sp³-hybridized carbons (Fsp3) is 0.889. The highest BCUT2D eigenvalue weighted by atomic mass is 32.2. The van der Waals surface area contributed by atoms with E-state index in [1.165, 1.54) is 4.90 Å². The molecule has 1 unspecified atom stereocenters. The molecule has 0 saturated carbocycles. The molecule has 0 aromatic heterocycles. The third-order valence-electron chi connectivity index (χ3n) is 2.34. The van der Waals surface area contributed by atoms with Gasteiger partial charge in [0.15, 0.2) is 0 Å². The van der Waals surface area contributed by atoms with Gasteiger partial charge in [0, 0.05) is 25.4 Å². The molecule has 1 fully saturated rings. The van der Waals surface area contributed by atoms with Gasteiger partial charge in [-0.3, -0.25) is 4.79 Å². The lowest BCUT2D eigenvalue weighted by molar-refractivity contribution is -0.130. The van der Waals surface area contributed by atoms with Gasteiger partial charge in [0.2, 0.25) is 15.9 Å². The lowest BCUT2D eigenvalue weighted by atomic mass is 10.1. The number of likely N-dealkylation sites (tertiary alicyclic amines) is 1. The number of hydrogen-bond donors (Lipinski definition) is 2. The van der Waals surface area contributed by atoms with Crippen LogP contribution in [0.25, 0.3) is 0 Å². The number of rotatable bonds is 4. The van der Waals surface area contributed by atoms with Gasteiger partial charge in [0.25, 0.3) is 0 Å². The van der Waals surface area contributed by atoms with Crippen LogP contribution in [0.4, 0.5) is 0 Å². The van der Waals surface area contributed by atoms with E-state index in [2.05, 4.69) is 0 Å².